The third kappa shape index (κ3) is 4.86. The van der Waals surface area contributed by atoms with E-state index in [1.807, 2.05) is 0 Å². The molecule has 9 heteroatoms. The molecule has 0 radical (unpaired) electrons. The van der Waals surface area contributed by atoms with Crippen LogP contribution >= 0.6 is 0 Å². The van der Waals surface area contributed by atoms with Crippen molar-refractivity contribution < 1.29 is 27.5 Å². The number of benzene rings is 1. The Morgan fingerprint density at radius 2 is 1.92 bits per heavy atom. The molecular formula is C16H20N2O6S. The quantitative estimate of drug-likeness (QED) is 0.748. The largest absolute Gasteiger partial charge is 0.453 e. The second-order valence-corrected chi connectivity index (χ2v) is 7.85. The molecule has 136 valence electrons. The summed E-state index contributed by atoms with van der Waals surface area (Å²) in [6, 6.07) is 5.58. The van der Waals surface area contributed by atoms with Gasteiger partial charge in [0.15, 0.2) is 11.9 Å². The first-order chi connectivity index (χ1) is 11.7. The summed E-state index contributed by atoms with van der Waals surface area (Å²) in [4.78, 5) is 34.3. The number of hydrogen-bond donors (Lipinski definition) is 1. The second kappa shape index (κ2) is 7.75. The van der Waals surface area contributed by atoms with Crippen molar-refractivity contribution >= 4 is 33.4 Å². The van der Waals surface area contributed by atoms with Crippen molar-refractivity contribution in [2.75, 3.05) is 18.9 Å². The molecule has 0 aliphatic heterocycles. The molecule has 0 heterocycles. The normalized spacial score (nSPS) is 17.6. The lowest BCUT2D eigenvalue weighted by Gasteiger charge is -2.18. The van der Waals surface area contributed by atoms with E-state index in [1.54, 1.807) is 0 Å². The minimum Gasteiger partial charge on any atom is -0.453 e. The van der Waals surface area contributed by atoms with Crippen LogP contribution in [0.25, 0.3) is 0 Å². The predicted molar refractivity (Wildman–Crippen MR) is 89.3 cm³/mol. The summed E-state index contributed by atoms with van der Waals surface area (Å²) in [6.07, 6.45) is 0.768. The number of hydrogen-bond acceptors (Lipinski definition) is 6. The van der Waals surface area contributed by atoms with Gasteiger partial charge in [-0.1, -0.05) is 0 Å². The molecule has 1 saturated carbocycles. The maximum Gasteiger partial charge on any atom is 0.322 e. The van der Waals surface area contributed by atoms with Gasteiger partial charge in [0, 0.05) is 26.1 Å². The number of nitrogens with one attached hydrogen (secondary N) is 1. The Bertz CT molecular complexity index is 772. The molecule has 0 bridgehead atoms. The molecule has 0 saturated heterocycles. The number of amides is 1. The van der Waals surface area contributed by atoms with Crippen LogP contribution < -0.4 is 5.32 Å². The van der Waals surface area contributed by atoms with Crippen LogP contribution in [0.1, 0.15) is 26.2 Å². The highest BCUT2D eigenvalue weighted by molar-refractivity contribution is 7.89. The van der Waals surface area contributed by atoms with E-state index in [9.17, 15) is 22.8 Å². The minimum atomic E-state index is -3.89. The molecule has 1 fully saturated rings. The standard InChI is InChI=1S/C16H20N2O6S/c1-11(19)17-12-6-8-13(9-7-12)25(22,23)18(2)10-16(21)24-15-5-3-4-14(15)20/h6-9,15H,3-5,10H2,1-2H3,(H,17,19)/t15-/m0/s1. The molecule has 2 rings (SSSR count). The molecule has 1 aliphatic carbocycles. The van der Waals surface area contributed by atoms with Crippen LogP contribution in [0.15, 0.2) is 29.2 Å². The van der Waals surface area contributed by atoms with E-state index in [0.717, 1.165) is 4.31 Å². The smallest absolute Gasteiger partial charge is 0.322 e. The molecule has 1 aromatic carbocycles. The highest BCUT2D eigenvalue weighted by atomic mass is 32.2. The summed E-state index contributed by atoms with van der Waals surface area (Å²) in [5, 5.41) is 2.54. The van der Waals surface area contributed by atoms with Crippen molar-refractivity contribution in [3.8, 4) is 0 Å². The third-order valence-electron chi connectivity index (χ3n) is 3.76. The molecular weight excluding hydrogens is 348 g/mol. The van der Waals surface area contributed by atoms with Gasteiger partial charge in [-0.3, -0.25) is 14.4 Å². The first kappa shape index (κ1) is 19.1. The van der Waals surface area contributed by atoms with E-state index >= 15 is 0 Å². The number of rotatable bonds is 6. The molecule has 25 heavy (non-hydrogen) atoms. The Kier molecular flexibility index (Phi) is 5.91. The average Bonchev–Trinajstić information content (AvgIpc) is 2.92. The summed E-state index contributed by atoms with van der Waals surface area (Å²) in [5.74, 6) is -1.16. The van der Waals surface area contributed by atoms with Gasteiger partial charge in [-0.2, -0.15) is 4.31 Å². The van der Waals surface area contributed by atoms with E-state index in [1.165, 1.54) is 38.2 Å². The zero-order valence-electron chi connectivity index (χ0n) is 14.0. The molecule has 0 unspecified atom stereocenters. The number of esters is 1. The van der Waals surface area contributed by atoms with Crippen LogP contribution in [-0.2, 0) is 29.1 Å². The Balaban J connectivity index is 2.01. The Labute approximate surface area is 146 Å². The number of carbonyl (C=O) groups excluding carboxylic acids is 3. The lowest BCUT2D eigenvalue weighted by molar-refractivity contribution is -0.153. The van der Waals surface area contributed by atoms with Crippen LogP contribution in [0.3, 0.4) is 0 Å². The highest BCUT2D eigenvalue weighted by Gasteiger charge is 2.30. The maximum atomic E-state index is 12.5. The zero-order chi connectivity index (χ0) is 18.6. The van der Waals surface area contributed by atoms with Gasteiger partial charge in [0.2, 0.25) is 15.9 Å². The molecule has 1 atom stereocenters. The van der Waals surface area contributed by atoms with Crippen molar-refractivity contribution in [3.05, 3.63) is 24.3 Å². The average molecular weight is 368 g/mol. The first-order valence-electron chi connectivity index (χ1n) is 7.76. The summed E-state index contributed by atoms with van der Waals surface area (Å²) in [6.45, 7) is 0.860. The van der Waals surface area contributed by atoms with Crippen LogP contribution in [0, 0.1) is 0 Å². The van der Waals surface area contributed by atoms with Crippen LogP contribution in [0.2, 0.25) is 0 Å². The van der Waals surface area contributed by atoms with Crippen molar-refractivity contribution in [2.24, 2.45) is 0 Å². The molecule has 0 spiro atoms. The summed E-state index contributed by atoms with van der Waals surface area (Å²) < 4.78 is 30.8. The third-order valence-corrected chi connectivity index (χ3v) is 5.57. The van der Waals surface area contributed by atoms with Gasteiger partial charge in [-0.25, -0.2) is 8.42 Å². The van der Waals surface area contributed by atoms with Gasteiger partial charge in [0.05, 0.1) is 4.90 Å². The number of carbonyl (C=O) groups is 3. The van der Waals surface area contributed by atoms with E-state index in [4.69, 9.17) is 4.74 Å². The number of likely N-dealkylation sites (N-methyl/N-ethyl adjacent to an activating group) is 1. The zero-order valence-corrected chi connectivity index (χ0v) is 14.8. The minimum absolute atomic E-state index is 0.0196. The SMILES string of the molecule is CC(=O)Nc1ccc(S(=O)(=O)N(C)CC(=O)O[C@H]2CCCC2=O)cc1. The molecule has 1 aliphatic rings. The number of anilines is 1. The Morgan fingerprint density at radius 1 is 1.28 bits per heavy atom. The Hall–Kier alpha value is -2.26. The fourth-order valence-corrected chi connectivity index (χ4v) is 3.58. The summed E-state index contributed by atoms with van der Waals surface area (Å²) in [5.41, 5.74) is 0.466. The lowest BCUT2D eigenvalue weighted by atomic mass is 10.3. The second-order valence-electron chi connectivity index (χ2n) is 5.80. The number of nitrogens with zero attached hydrogens (tertiary/aromatic N) is 1. The van der Waals surface area contributed by atoms with E-state index < -0.39 is 28.6 Å². The maximum absolute atomic E-state index is 12.5. The van der Waals surface area contributed by atoms with E-state index in [0.29, 0.717) is 24.9 Å². The van der Waals surface area contributed by atoms with Gasteiger partial charge < -0.3 is 10.1 Å². The highest BCUT2D eigenvalue weighted by Crippen LogP contribution is 2.20. The van der Waals surface area contributed by atoms with Gasteiger partial charge >= 0.3 is 5.97 Å². The van der Waals surface area contributed by atoms with Crippen LogP contribution in [-0.4, -0.2) is 50.1 Å². The van der Waals surface area contributed by atoms with Crippen LogP contribution in [0.4, 0.5) is 5.69 Å². The van der Waals surface area contributed by atoms with Gasteiger partial charge in [-0.15, -0.1) is 0 Å². The van der Waals surface area contributed by atoms with Crippen molar-refractivity contribution in [1.82, 2.24) is 4.31 Å². The van der Waals surface area contributed by atoms with E-state index in [2.05, 4.69) is 5.32 Å². The van der Waals surface area contributed by atoms with Crippen molar-refractivity contribution in [2.45, 2.75) is 37.2 Å². The number of Topliss-reactive ketones (excluding diaryl/α,β-unsaturated/α-hetero) is 1. The summed E-state index contributed by atoms with van der Waals surface area (Å²) in [7, 11) is -2.63. The van der Waals surface area contributed by atoms with Gasteiger partial charge in [0.1, 0.15) is 6.54 Å². The number of sulfonamides is 1. The molecule has 1 aromatic rings. The van der Waals surface area contributed by atoms with E-state index in [-0.39, 0.29) is 16.6 Å². The monoisotopic (exact) mass is 368 g/mol. The molecule has 1 N–H and O–H groups in total. The topological polar surface area (TPSA) is 110 Å². The van der Waals surface area contributed by atoms with Gasteiger partial charge in [0.25, 0.3) is 0 Å². The molecule has 1 amide bonds. The summed E-state index contributed by atoms with van der Waals surface area (Å²) >= 11 is 0. The Morgan fingerprint density at radius 3 is 2.44 bits per heavy atom. The van der Waals surface area contributed by atoms with Gasteiger partial charge in [-0.05, 0) is 37.1 Å². The fourth-order valence-electron chi connectivity index (χ4n) is 2.46. The number of ketones is 1. The first-order valence-corrected chi connectivity index (χ1v) is 9.20. The van der Waals surface area contributed by atoms with Crippen molar-refractivity contribution in [3.63, 3.8) is 0 Å². The predicted octanol–water partition coefficient (Wildman–Crippen LogP) is 0.930. The molecule has 8 nitrogen and oxygen atoms in total. The van der Waals surface area contributed by atoms with Crippen LogP contribution in [0.5, 0.6) is 0 Å². The number of ether oxygens (including phenoxy) is 1. The fraction of sp³-hybridized carbons (Fsp3) is 0.438. The molecule has 0 aromatic heterocycles. The van der Waals surface area contributed by atoms with Crippen molar-refractivity contribution in [1.29, 1.82) is 0 Å². The lowest BCUT2D eigenvalue weighted by Crippen LogP contribution is -2.35.